The summed E-state index contributed by atoms with van der Waals surface area (Å²) in [5, 5.41) is 3.00. The number of morpholine rings is 1. The quantitative estimate of drug-likeness (QED) is 0.620. The molecule has 0 saturated carbocycles. The third kappa shape index (κ3) is 9.60. The molecule has 0 aliphatic carbocycles. The SMILES string of the molecule is CCC(C)C(=O)NC[C@@H]1CN(CCOCCCC(C)(C)C)CCO1. The highest BCUT2D eigenvalue weighted by Crippen LogP contribution is 2.20. The van der Waals surface area contributed by atoms with E-state index in [4.69, 9.17) is 9.47 Å². The zero-order valence-corrected chi connectivity index (χ0v) is 16.4. The van der Waals surface area contributed by atoms with Crippen molar-refractivity contribution in [2.75, 3.05) is 46.0 Å². The highest BCUT2D eigenvalue weighted by Gasteiger charge is 2.21. The summed E-state index contributed by atoms with van der Waals surface area (Å²) in [4.78, 5) is 14.2. The van der Waals surface area contributed by atoms with Crippen molar-refractivity contribution in [3.8, 4) is 0 Å². The van der Waals surface area contributed by atoms with Gasteiger partial charge in [0.15, 0.2) is 0 Å². The third-order valence-corrected chi connectivity index (χ3v) is 4.55. The minimum absolute atomic E-state index is 0.0752. The van der Waals surface area contributed by atoms with Crippen LogP contribution in [-0.4, -0.2) is 62.9 Å². The van der Waals surface area contributed by atoms with Gasteiger partial charge in [0.05, 0.1) is 19.3 Å². The van der Waals surface area contributed by atoms with Gasteiger partial charge >= 0.3 is 0 Å². The zero-order chi connectivity index (χ0) is 18.0. The fraction of sp³-hybridized carbons (Fsp3) is 0.947. The molecule has 1 N–H and O–H groups in total. The molecule has 2 atom stereocenters. The van der Waals surface area contributed by atoms with Crippen molar-refractivity contribution < 1.29 is 14.3 Å². The van der Waals surface area contributed by atoms with Crippen LogP contribution in [-0.2, 0) is 14.3 Å². The van der Waals surface area contributed by atoms with Crippen molar-refractivity contribution in [1.29, 1.82) is 0 Å². The second kappa shape index (κ2) is 11.1. The third-order valence-electron chi connectivity index (χ3n) is 4.55. The van der Waals surface area contributed by atoms with Gasteiger partial charge in [-0.15, -0.1) is 0 Å². The van der Waals surface area contributed by atoms with Crippen molar-refractivity contribution in [2.24, 2.45) is 11.3 Å². The van der Waals surface area contributed by atoms with E-state index < -0.39 is 0 Å². The summed E-state index contributed by atoms with van der Waals surface area (Å²) in [5.41, 5.74) is 0.389. The van der Waals surface area contributed by atoms with Crippen LogP contribution in [0.3, 0.4) is 0 Å². The first kappa shape index (κ1) is 21.4. The molecule has 0 spiro atoms. The molecule has 1 unspecified atom stereocenters. The van der Waals surface area contributed by atoms with Gasteiger partial charge in [0.25, 0.3) is 0 Å². The Morgan fingerprint density at radius 2 is 2.12 bits per heavy atom. The first-order valence-corrected chi connectivity index (χ1v) is 9.51. The number of amides is 1. The molecule has 5 nitrogen and oxygen atoms in total. The summed E-state index contributed by atoms with van der Waals surface area (Å²) >= 11 is 0. The Morgan fingerprint density at radius 3 is 2.79 bits per heavy atom. The van der Waals surface area contributed by atoms with E-state index in [2.05, 4.69) is 31.0 Å². The van der Waals surface area contributed by atoms with Crippen LogP contribution in [0.25, 0.3) is 0 Å². The number of nitrogens with zero attached hydrogens (tertiary/aromatic N) is 1. The maximum Gasteiger partial charge on any atom is 0.222 e. The predicted octanol–water partition coefficient (Wildman–Crippen LogP) is 2.69. The zero-order valence-electron chi connectivity index (χ0n) is 16.4. The minimum atomic E-state index is 0.0752. The van der Waals surface area contributed by atoms with E-state index in [0.29, 0.717) is 12.0 Å². The fourth-order valence-corrected chi connectivity index (χ4v) is 2.68. The van der Waals surface area contributed by atoms with Crippen LogP contribution in [0.4, 0.5) is 0 Å². The molecule has 142 valence electrons. The average molecular weight is 343 g/mol. The summed E-state index contributed by atoms with van der Waals surface area (Å²) in [6.45, 7) is 16.5. The predicted molar refractivity (Wildman–Crippen MR) is 98.2 cm³/mol. The maximum atomic E-state index is 11.8. The summed E-state index contributed by atoms with van der Waals surface area (Å²) in [5.74, 6) is 0.201. The summed E-state index contributed by atoms with van der Waals surface area (Å²) < 4.78 is 11.5. The van der Waals surface area contributed by atoms with Crippen molar-refractivity contribution in [3.05, 3.63) is 0 Å². The lowest BCUT2D eigenvalue weighted by Gasteiger charge is -2.33. The molecule has 0 bridgehead atoms. The largest absolute Gasteiger partial charge is 0.380 e. The van der Waals surface area contributed by atoms with E-state index in [1.807, 2.05) is 13.8 Å². The van der Waals surface area contributed by atoms with Crippen molar-refractivity contribution in [3.63, 3.8) is 0 Å². The molecule has 1 aliphatic rings. The molecule has 1 rings (SSSR count). The van der Waals surface area contributed by atoms with Gasteiger partial charge in [-0.25, -0.2) is 0 Å². The van der Waals surface area contributed by atoms with Crippen LogP contribution in [0, 0.1) is 11.3 Å². The second-order valence-electron chi connectivity index (χ2n) is 8.12. The highest BCUT2D eigenvalue weighted by molar-refractivity contribution is 5.78. The van der Waals surface area contributed by atoms with Crippen molar-refractivity contribution in [2.45, 2.75) is 60.0 Å². The highest BCUT2D eigenvalue weighted by atomic mass is 16.5. The van der Waals surface area contributed by atoms with Crippen LogP contribution < -0.4 is 5.32 Å². The molecule has 0 aromatic rings. The number of carbonyl (C=O) groups excluding carboxylic acids is 1. The van der Waals surface area contributed by atoms with Crippen LogP contribution in [0.15, 0.2) is 0 Å². The average Bonchev–Trinajstić information content (AvgIpc) is 2.54. The van der Waals surface area contributed by atoms with Gasteiger partial charge < -0.3 is 14.8 Å². The van der Waals surface area contributed by atoms with E-state index >= 15 is 0 Å². The number of hydrogen-bond donors (Lipinski definition) is 1. The molecule has 0 aromatic heterocycles. The van der Waals surface area contributed by atoms with Gasteiger partial charge in [0, 0.05) is 38.7 Å². The molecule has 1 heterocycles. The Kier molecular flexibility index (Phi) is 9.86. The molecule has 24 heavy (non-hydrogen) atoms. The number of hydrogen-bond acceptors (Lipinski definition) is 4. The van der Waals surface area contributed by atoms with Gasteiger partial charge in [0.2, 0.25) is 5.91 Å². The van der Waals surface area contributed by atoms with E-state index in [9.17, 15) is 4.79 Å². The van der Waals surface area contributed by atoms with Gasteiger partial charge in [-0.2, -0.15) is 0 Å². The summed E-state index contributed by atoms with van der Waals surface area (Å²) in [6, 6.07) is 0. The first-order chi connectivity index (χ1) is 11.3. The minimum Gasteiger partial charge on any atom is -0.380 e. The van der Waals surface area contributed by atoms with E-state index in [0.717, 1.165) is 52.3 Å². The van der Waals surface area contributed by atoms with Gasteiger partial charge in [-0.3, -0.25) is 9.69 Å². The topological polar surface area (TPSA) is 50.8 Å². The van der Waals surface area contributed by atoms with Crippen LogP contribution in [0.5, 0.6) is 0 Å². The monoisotopic (exact) mass is 342 g/mol. The normalized spacial score (nSPS) is 20.8. The summed E-state index contributed by atoms with van der Waals surface area (Å²) in [7, 11) is 0. The van der Waals surface area contributed by atoms with E-state index in [1.165, 1.54) is 6.42 Å². The smallest absolute Gasteiger partial charge is 0.222 e. The molecule has 0 aromatic carbocycles. The molecule has 0 radical (unpaired) electrons. The molecule has 1 fully saturated rings. The first-order valence-electron chi connectivity index (χ1n) is 9.51. The molecule has 1 aliphatic heterocycles. The number of nitrogens with one attached hydrogen (secondary N) is 1. The molecular formula is C19H38N2O3. The van der Waals surface area contributed by atoms with Crippen molar-refractivity contribution in [1.82, 2.24) is 10.2 Å². The number of rotatable bonds is 10. The second-order valence-corrected chi connectivity index (χ2v) is 8.12. The Labute approximate surface area is 148 Å². The number of ether oxygens (including phenoxy) is 2. The molecule has 5 heteroatoms. The van der Waals surface area contributed by atoms with Gasteiger partial charge in [0.1, 0.15) is 0 Å². The lowest BCUT2D eigenvalue weighted by Crippen LogP contribution is -2.48. The molecular weight excluding hydrogens is 304 g/mol. The Bertz CT molecular complexity index is 355. The Hall–Kier alpha value is -0.650. The van der Waals surface area contributed by atoms with Crippen LogP contribution in [0.1, 0.15) is 53.9 Å². The van der Waals surface area contributed by atoms with Crippen LogP contribution >= 0.6 is 0 Å². The standard InChI is InChI=1S/C19H38N2O3/c1-6-16(2)18(22)20-14-17-15-21(10-13-24-17)9-12-23-11-7-8-19(3,4)5/h16-17H,6-15H2,1-5H3,(H,20,22)/t16?,17-/m1/s1. The Morgan fingerprint density at radius 1 is 1.38 bits per heavy atom. The van der Waals surface area contributed by atoms with E-state index in [-0.39, 0.29) is 17.9 Å². The van der Waals surface area contributed by atoms with Crippen LogP contribution in [0.2, 0.25) is 0 Å². The summed E-state index contributed by atoms with van der Waals surface area (Å²) in [6.07, 6.45) is 3.28. The van der Waals surface area contributed by atoms with Gasteiger partial charge in [-0.05, 0) is 24.7 Å². The number of carbonyl (C=O) groups is 1. The van der Waals surface area contributed by atoms with E-state index in [1.54, 1.807) is 0 Å². The lowest BCUT2D eigenvalue weighted by atomic mass is 9.91. The van der Waals surface area contributed by atoms with Crippen molar-refractivity contribution >= 4 is 5.91 Å². The molecule has 1 saturated heterocycles. The maximum absolute atomic E-state index is 11.8. The lowest BCUT2D eigenvalue weighted by molar-refractivity contribution is -0.125. The Balaban J connectivity index is 2.11. The fourth-order valence-electron chi connectivity index (χ4n) is 2.68. The van der Waals surface area contributed by atoms with Gasteiger partial charge in [-0.1, -0.05) is 34.6 Å². The molecule has 1 amide bonds.